The lowest BCUT2D eigenvalue weighted by Gasteiger charge is -2.24. The van der Waals surface area contributed by atoms with Crippen molar-refractivity contribution in [2.24, 2.45) is 0 Å². The summed E-state index contributed by atoms with van der Waals surface area (Å²) in [6.07, 6.45) is 0. The molecule has 1 N–H and O–H groups in total. The number of amides is 1. The number of aryl methyl sites for hydroxylation is 2. The predicted octanol–water partition coefficient (Wildman–Crippen LogP) is 4.59. The highest BCUT2D eigenvalue weighted by atomic mass is 32.1. The number of Topliss-reactive ketones (excluding diaryl/α,β-unsaturated/α-hetero) is 1. The fourth-order valence-electron chi connectivity index (χ4n) is 4.41. The van der Waals surface area contributed by atoms with Gasteiger partial charge in [-0.1, -0.05) is 17.4 Å². The number of hydrogen-bond acceptors (Lipinski definition) is 10. The lowest BCUT2D eigenvalue weighted by Crippen LogP contribution is -2.29. The Kier molecular flexibility index (Phi) is 7.91. The van der Waals surface area contributed by atoms with Crippen LogP contribution in [0.1, 0.15) is 45.0 Å². The van der Waals surface area contributed by atoms with Crippen LogP contribution < -0.4 is 19.1 Å². The smallest absolute Gasteiger partial charge is 0.350 e. The van der Waals surface area contributed by atoms with Crippen molar-refractivity contribution in [1.29, 1.82) is 0 Å². The number of nitrogens with zero attached hydrogens (tertiary/aromatic N) is 2. The van der Waals surface area contributed by atoms with Crippen molar-refractivity contribution in [2.75, 3.05) is 32.8 Å². The predicted molar refractivity (Wildman–Crippen MR) is 145 cm³/mol. The maximum atomic E-state index is 13.5. The molecule has 39 heavy (non-hydrogen) atoms. The second kappa shape index (κ2) is 11.2. The maximum Gasteiger partial charge on any atom is 0.350 e. The Labute approximate surface area is 229 Å². The van der Waals surface area contributed by atoms with Gasteiger partial charge in [0.2, 0.25) is 0 Å². The van der Waals surface area contributed by atoms with Crippen LogP contribution in [-0.4, -0.2) is 55.7 Å². The van der Waals surface area contributed by atoms with E-state index in [4.69, 9.17) is 18.9 Å². The SMILES string of the molecule is CCOC(=O)c1sc(N2C(=O)C(=O)/C(=C(/O)c3ccc(OC)cc3C)C2c2ccc(OC)c(OC)c2)nc1C. The van der Waals surface area contributed by atoms with E-state index in [1.807, 2.05) is 0 Å². The fourth-order valence-corrected chi connectivity index (χ4v) is 5.40. The number of anilines is 1. The van der Waals surface area contributed by atoms with Gasteiger partial charge in [-0.3, -0.25) is 14.5 Å². The number of esters is 1. The summed E-state index contributed by atoms with van der Waals surface area (Å²) in [7, 11) is 4.48. The van der Waals surface area contributed by atoms with Crippen LogP contribution in [0.4, 0.5) is 5.13 Å². The minimum absolute atomic E-state index is 0.114. The molecular weight excluding hydrogens is 524 g/mol. The number of ether oxygens (including phenoxy) is 4. The number of rotatable bonds is 8. The Morgan fingerprint density at radius 2 is 1.74 bits per heavy atom. The molecule has 1 fully saturated rings. The van der Waals surface area contributed by atoms with Gasteiger partial charge in [-0.25, -0.2) is 9.78 Å². The van der Waals surface area contributed by atoms with Gasteiger partial charge in [0.15, 0.2) is 16.6 Å². The van der Waals surface area contributed by atoms with E-state index in [-0.39, 0.29) is 27.9 Å². The van der Waals surface area contributed by atoms with Crippen LogP contribution in [0.15, 0.2) is 42.0 Å². The van der Waals surface area contributed by atoms with Crippen LogP contribution in [-0.2, 0) is 14.3 Å². The number of aliphatic hydroxyl groups excluding tert-OH is 1. The first kappa shape index (κ1) is 27.6. The highest BCUT2D eigenvalue weighted by Gasteiger charge is 2.48. The highest BCUT2D eigenvalue weighted by molar-refractivity contribution is 7.17. The van der Waals surface area contributed by atoms with Gasteiger partial charge in [-0.05, 0) is 62.2 Å². The number of aliphatic hydroxyl groups is 1. The normalized spacial score (nSPS) is 16.4. The van der Waals surface area contributed by atoms with Gasteiger partial charge in [0.1, 0.15) is 16.4 Å². The molecule has 1 aliphatic rings. The van der Waals surface area contributed by atoms with E-state index >= 15 is 0 Å². The summed E-state index contributed by atoms with van der Waals surface area (Å²) in [5, 5.41) is 11.6. The first-order valence-corrected chi connectivity index (χ1v) is 12.8. The van der Waals surface area contributed by atoms with Crippen molar-refractivity contribution in [3.63, 3.8) is 0 Å². The molecule has 0 saturated carbocycles. The quantitative estimate of drug-likeness (QED) is 0.185. The minimum Gasteiger partial charge on any atom is -0.507 e. The molecule has 3 aromatic rings. The lowest BCUT2D eigenvalue weighted by molar-refractivity contribution is -0.132. The van der Waals surface area contributed by atoms with Gasteiger partial charge in [0.05, 0.1) is 45.2 Å². The standard InChI is InChI=1S/C28H28N2O8S/c1-7-38-27(34)25-15(3)29-28(39-25)30-22(16-8-11-19(36-5)20(13-16)37-6)21(24(32)26(30)33)23(31)18-10-9-17(35-4)12-14(18)2/h8-13,22,31H,7H2,1-6H3/b23-21+. The number of aromatic nitrogens is 1. The monoisotopic (exact) mass is 552 g/mol. The summed E-state index contributed by atoms with van der Waals surface area (Å²) in [5.41, 5.74) is 1.68. The zero-order valence-electron chi connectivity index (χ0n) is 22.4. The van der Waals surface area contributed by atoms with E-state index in [2.05, 4.69) is 4.98 Å². The summed E-state index contributed by atoms with van der Waals surface area (Å²) in [6, 6.07) is 8.85. The van der Waals surface area contributed by atoms with Crippen LogP contribution >= 0.6 is 11.3 Å². The van der Waals surface area contributed by atoms with E-state index in [1.165, 1.54) is 26.2 Å². The Balaban J connectivity index is 1.96. The molecule has 0 spiro atoms. The molecule has 204 valence electrons. The molecule has 1 amide bonds. The van der Waals surface area contributed by atoms with Crippen molar-refractivity contribution in [3.05, 3.63) is 69.2 Å². The van der Waals surface area contributed by atoms with E-state index in [0.29, 0.717) is 39.6 Å². The first-order valence-electron chi connectivity index (χ1n) is 12.0. The van der Waals surface area contributed by atoms with Gasteiger partial charge < -0.3 is 24.1 Å². The maximum absolute atomic E-state index is 13.5. The molecular formula is C28H28N2O8S. The zero-order valence-corrected chi connectivity index (χ0v) is 23.2. The third kappa shape index (κ3) is 4.92. The molecule has 2 heterocycles. The van der Waals surface area contributed by atoms with Crippen LogP contribution in [0.2, 0.25) is 0 Å². The van der Waals surface area contributed by atoms with Crippen molar-refractivity contribution in [2.45, 2.75) is 26.8 Å². The molecule has 10 nitrogen and oxygen atoms in total. The Morgan fingerprint density at radius 3 is 2.36 bits per heavy atom. The Hall–Kier alpha value is -4.38. The molecule has 1 atom stereocenters. The highest BCUT2D eigenvalue weighted by Crippen LogP contribution is 2.46. The number of ketones is 1. The molecule has 1 saturated heterocycles. The zero-order chi connectivity index (χ0) is 28.4. The second-order valence-electron chi connectivity index (χ2n) is 8.60. The van der Waals surface area contributed by atoms with Gasteiger partial charge in [-0.2, -0.15) is 0 Å². The van der Waals surface area contributed by atoms with Gasteiger partial charge in [0.25, 0.3) is 5.78 Å². The van der Waals surface area contributed by atoms with Crippen molar-refractivity contribution in [1.82, 2.24) is 4.98 Å². The lowest BCUT2D eigenvalue weighted by atomic mass is 9.93. The molecule has 1 aromatic heterocycles. The molecule has 2 aromatic carbocycles. The molecule has 1 unspecified atom stereocenters. The van der Waals surface area contributed by atoms with Crippen molar-refractivity contribution < 1.29 is 38.4 Å². The topological polar surface area (TPSA) is 124 Å². The van der Waals surface area contributed by atoms with E-state index in [1.54, 1.807) is 57.2 Å². The third-order valence-corrected chi connectivity index (χ3v) is 7.45. The van der Waals surface area contributed by atoms with Crippen LogP contribution in [0.3, 0.4) is 0 Å². The number of methoxy groups -OCH3 is 3. The van der Waals surface area contributed by atoms with Gasteiger partial charge in [-0.15, -0.1) is 0 Å². The van der Waals surface area contributed by atoms with Gasteiger partial charge in [0, 0.05) is 5.56 Å². The first-order chi connectivity index (χ1) is 18.7. The summed E-state index contributed by atoms with van der Waals surface area (Å²) >= 11 is 0.935. The minimum atomic E-state index is -1.08. The average Bonchev–Trinajstić information content (AvgIpc) is 3.44. The molecule has 0 aliphatic carbocycles. The summed E-state index contributed by atoms with van der Waals surface area (Å²) in [5.74, 6) is -1.34. The molecule has 4 rings (SSSR count). The number of benzene rings is 2. The van der Waals surface area contributed by atoms with Crippen LogP contribution in [0.25, 0.3) is 5.76 Å². The third-order valence-electron chi connectivity index (χ3n) is 6.31. The molecule has 11 heteroatoms. The average molecular weight is 553 g/mol. The molecule has 1 aliphatic heterocycles. The van der Waals surface area contributed by atoms with E-state index < -0.39 is 23.7 Å². The molecule has 0 radical (unpaired) electrons. The fraction of sp³-hybridized carbons (Fsp3) is 0.286. The molecule has 0 bridgehead atoms. The van der Waals surface area contributed by atoms with E-state index in [9.17, 15) is 19.5 Å². The van der Waals surface area contributed by atoms with Gasteiger partial charge >= 0.3 is 11.9 Å². The van der Waals surface area contributed by atoms with Crippen LogP contribution in [0, 0.1) is 13.8 Å². The van der Waals surface area contributed by atoms with Crippen LogP contribution in [0.5, 0.6) is 17.2 Å². The summed E-state index contributed by atoms with van der Waals surface area (Å²) < 4.78 is 21.2. The number of carbonyl (C=O) groups is 3. The summed E-state index contributed by atoms with van der Waals surface area (Å²) in [6.45, 7) is 5.23. The Morgan fingerprint density at radius 1 is 1.03 bits per heavy atom. The van der Waals surface area contributed by atoms with E-state index in [0.717, 1.165) is 11.3 Å². The van der Waals surface area contributed by atoms with Crippen molar-refractivity contribution in [3.8, 4) is 17.2 Å². The number of hydrogen-bond donors (Lipinski definition) is 1. The Bertz CT molecular complexity index is 1490. The van der Waals surface area contributed by atoms with Crippen molar-refractivity contribution >= 4 is 39.9 Å². The number of carbonyl (C=O) groups excluding carboxylic acids is 3. The summed E-state index contributed by atoms with van der Waals surface area (Å²) in [4.78, 5) is 45.4. The number of thiazole rings is 1. The second-order valence-corrected chi connectivity index (χ2v) is 9.57. The largest absolute Gasteiger partial charge is 0.507 e.